The molecule has 168 valence electrons. The molecule has 0 saturated heterocycles. The van der Waals surface area contributed by atoms with Crippen LogP contribution in [-0.2, 0) is 16.1 Å². The van der Waals surface area contributed by atoms with Crippen LogP contribution < -0.4 is 21.0 Å². The number of amides is 2. The van der Waals surface area contributed by atoms with E-state index in [1.807, 2.05) is 24.3 Å². The molecule has 8 nitrogen and oxygen atoms in total. The Kier molecular flexibility index (Phi) is 8.10. The van der Waals surface area contributed by atoms with Gasteiger partial charge in [-0.25, -0.2) is 4.79 Å². The van der Waals surface area contributed by atoms with Crippen LogP contribution in [0, 0.1) is 10.5 Å². The van der Waals surface area contributed by atoms with Gasteiger partial charge >= 0.3 is 5.63 Å². The second-order valence-electron chi connectivity index (χ2n) is 6.93. The lowest BCUT2D eigenvalue weighted by atomic mass is 10.1. The Labute approximate surface area is 202 Å². The Balaban J connectivity index is 1.56. The zero-order chi connectivity index (χ0) is 23.3. The number of aliphatic hydroxyl groups is 1. The molecule has 0 radical (unpaired) electrons. The summed E-state index contributed by atoms with van der Waals surface area (Å²) in [6, 6.07) is 11.2. The van der Waals surface area contributed by atoms with E-state index in [2.05, 4.69) is 33.2 Å². The highest BCUT2D eigenvalue weighted by Crippen LogP contribution is 2.25. The van der Waals surface area contributed by atoms with Crippen molar-refractivity contribution in [3.8, 4) is 5.75 Å². The standard InChI is InChI=1S/C22H20ClIN2O6/c1-12-16-6-5-15(8-18(16)32-22(30)20(12)23)31-11-19(28)26-17(10-27)21(29)25-9-13-3-2-4-14(24)7-13/h2-8,17,27H,9-11H2,1H3,(H,25,29)(H,26,28)/t17-/m0/s1. The van der Waals surface area contributed by atoms with Gasteiger partial charge in [-0.2, -0.15) is 0 Å². The number of halogens is 2. The van der Waals surface area contributed by atoms with Gasteiger partial charge in [-0.1, -0.05) is 23.7 Å². The van der Waals surface area contributed by atoms with Gasteiger partial charge in [-0.15, -0.1) is 0 Å². The van der Waals surface area contributed by atoms with Crippen LogP contribution in [0.15, 0.2) is 51.7 Å². The van der Waals surface area contributed by atoms with Crippen LogP contribution >= 0.6 is 34.2 Å². The number of aliphatic hydroxyl groups excluding tert-OH is 1. The second kappa shape index (κ2) is 10.8. The van der Waals surface area contributed by atoms with E-state index in [0.29, 0.717) is 16.7 Å². The van der Waals surface area contributed by atoms with Gasteiger partial charge in [0.1, 0.15) is 22.4 Å². The van der Waals surface area contributed by atoms with Crippen molar-refractivity contribution in [1.82, 2.24) is 10.6 Å². The normalized spacial score (nSPS) is 11.8. The first-order valence-corrected chi connectivity index (χ1v) is 11.0. The molecule has 1 heterocycles. The van der Waals surface area contributed by atoms with Crippen LogP contribution in [0.2, 0.25) is 5.02 Å². The molecule has 2 aromatic carbocycles. The van der Waals surface area contributed by atoms with Gasteiger partial charge in [-0.3, -0.25) is 9.59 Å². The van der Waals surface area contributed by atoms with E-state index in [-0.39, 0.29) is 17.2 Å². The highest BCUT2D eigenvalue weighted by molar-refractivity contribution is 14.1. The van der Waals surface area contributed by atoms with Gasteiger partial charge in [0.15, 0.2) is 6.61 Å². The molecule has 3 aromatic rings. The molecule has 2 amide bonds. The molecular weight excluding hydrogens is 551 g/mol. The molecule has 10 heteroatoms. The fourth-order valence-corrected chi connectivity index (χ4v) is 3.69. The number of fused-ring (bicyclic) bond motifs is 1. The molecule has 0 fully saturated rings. The van der Waals surface area contributed by atoms with Crippen molar-refractivity contribution in [2.45, 2.75) is 19.5 Å². The number of carbonyl (C=O) groups is 2. The molecule has 0 spiro atoms. The maximum atomic E-state index is 12.3. The summed E-state index contributed by atoms with van der Waals surface area (Å²) >= 11 is 8.08. The van der Waals surface area contributed by atoms with E-state index in [1.54, 1.807) is 19.1 Å². The molecule has 1 atom stereocenters. The summed E-state index contributed by atoms with van der Waals surface area (Å²) in [4.78, 5) is 36.2. The summed E-state index contributed by atoms with van der Waals surface area (Å²) in [6.07, 6.45) is 0. The van der Waals surface area contributed by atoms with Crippen molar-refractivity contribution in [2.75, 3.05) is 13.2 Å². The van der Waals surface area contributed by atoms with Crippen molar-refractivity contribution < 1.29 is 23.8 Å². The van der Waals surface area contributed by atoms with Gasteiger partial charge < -0.3 is 24.9 Å². The summed E-state index contributed by atoms with van der Waals surface area (Å²) in [5.41, 5.74) is 1.10. The lowest BCUT2D eigenvalue weighted by molar-refractivity contribution is -0.131. The average molecular weight is 571 g/mol. The third-order valence-electron chi connectivity index (χ3n) is 4.63. The molecule has 3 N–H and O–H groups in total. The maximum Gasteiger partial charge on any atom is 0.355 e. The van der Waals surface area contributed by atoms with Gasteiger partial charge in [0.05, 0.1) is 6.61 Å². The molecule has 0 aliphatic carbocycles. The van der Waals surface area contributed by atoms with Crippen LogP contribution in [0.3, 0.4) is 0 Å². The topological polar surface area (TPSA) is 118 Å². The first-order chi connectivity index (χ1) is 15.3. The summed E-state index contributed by atoms with van der Waals surface area (Å²) in [5, 5.41) is 15.3. The Morgan fingerprint density at radius 2 is 2.03 bits per heavy atom. The summed E-state index contributed by atoms with van der Waals surface area (Å²) in [5.74, 6) is -0.817. The van der Waals surface area contributed by atoms with E-state index in [1.165, 1.54) is 6.07 Å². The Hall–Kier alpha value is -2.63. The molecule has 0 aliphatic rings. The highest BCUT2D eigenvalue weighted by Gasteiger charge is 2.20. The van der Waals surface area contributed by atoms with Crippen molar-refractivity contribution in [2.24, 2.45) is 0 Å². The minimum atomic E-state index is -1.12. The lowest BCUT2D eigenvalue weighted by Gasteiger charge is -2.16. The van der Waals surface area contributed by atoms with Crippen molar-refractivity contribution >= 4 is 57.0 Å². The predicted molar refractivity (Wildman–Crippen MR) is 128 cm³/mol. The Morgan fingerprint density at radius 1 is 1.25 bits per heavy atom. The minimum Gasteiger partial charge on any atom is -0.484 e. The van der Waals surface area contributed by atoms with E-state index >= 15 is 0 Å². The first-order valence-electron chi connectivity index (χ1n) is 9.56. The van der Waals surface area contributed by atoms with Gasteiger partial charge in [-0.05, 0) is 64.9 Å². The number of carbonyl (C=O) groups excluding carboxylic acids is 2. The fourth-order valence-electron chi connectivity index (χ4n) is 2.94. The highest BCUT2D eigenvalue weighted by atomic mass is 127. The first kappa shape index (κ1) is 24.0. The zero-order valence-corrected chi connectivity index (χ0v) is 19.9. The fraction of sp³-hybridized carbons (Fsp3) is 0.227. The summed E-state index contributed by atoms with van der Waals surface area (Å²) in [7, 11) is 0. The van der Waals surface area contributed by atoms with Crippen LogP contribution in [0.25, 0.3) is 11.0 Å². The molecule has 0 bridgehead atoms. The number of benzene rings is 2. The smallest absolute Gasteiger partial charge is 0.355 e. The summed E-state index contributed by atoms with van der Waals surface area (Å²) in [6.45, 7) is 1.01. The van der Waals surface area contributed by atoms with Crippen molar-refractivity contribution in [1.29, 1.82) is 0 Å². The summed E-state index contributed by atoms with van der Waals surface area (Å²) < 4.78 is 11.6. The molecule has 0 aliphatic heterocycles. The molecule has 3 rings (SSSR count). The molecule has 0 unspecified atom stereocenters. The van der Waals surface area contributed by atoms with Crippen LogP contribution in [-0.4, -0.2) is 36.2 Å². The van der Waals surface area contributed by atoms with E-state index < -0.39 is 36.7 Å². The van der Waals surface area contributed by atoms with E-state index in [9.17, 15) is 19.5 Å². The average Bonchev–Trinajstić information content (AvgIpc) is 2.78. The third-order valence-corrected chi connectivity index (χ3v) is 5.74. The number of hydrogen-bond acceptors (Lipinski definition) is 6. The number of aryl methyl sites for hydroxylation is 1. The van der Waals surface area contributed by atoms with Crippen molar-refractivity contribution in [3.63, 3.8) is 0 Å². The van der Waals surface area contributed by atoms with Gasteiger partial charge in [0.2, 0.25) is 5.91 Å². The van der Waals surface area contributed by atoms with Crippen molar-refractivity contribution in [3.05, 3.63) is 72.6 Å². The lowest BCUT2D eigenvalue weighted by Crippen LogP contribution is -2.49. The van der Waals surface area contributed by atoms with E-state index in [0.717, 1.165) is 9.13 Å². The quantitative estimate of drug-likeness (QED) is 0.283. The number of rotatable bonds is 8. The second-order valence-corrected chi connectivity index (χ2v) is 8.55. The van der Waals surface area contributed by atoms with Crippen LogP contribution in [0.1, 0.15) is 11.1 Å². The van der Waals surface area contributed by atoms with Crippen LogP contribution in [0.5, 0.6) is 5.75 Å². The van der Waals surface area contributed by atoms with Gasteiger partial charge in [0.25, 0.3) is 5.91 Å². The molecule has 32 heavy (non-hydrogen) atoms. The van der Waals surface area contributed by atoms with Gasteiger partial charge in [0, 0.05) is 21.6 Å². The predicted octanol–water partition coefficient (Wildman–Crippen LogP) is 2.53. The maximum absolute atomic E-state index is 12.3. The third kappa shape index (κ3) is 5.99. The number of hydrogen-bond donors (Lipinski definition) is 3. The molecular formula is C22H20ClIN2O6. The molecule has 1 aromatic heterocycles. The van der Waals surface area contributed by atoms with E-state index in [4.69, 9.17) is 20.8 Å². The Bertz CT molecular complexity index is 1210. The Morgan fingerprint density at radius 3 is 2.75 bits per heavy atom. The largest absolute Gasteiger partial charge is 0.484 e. The SMILES string of the molecule is Cc1c(Cl)c(=O)oc2cc(OCC(=O)N[C@@H](CO)C(=O)NCc3cccc(I)c3)ccc12. The number of ether oxygens (including phenoxy) is 1. The molecule has 0 saturated carbocycles. The monoisotopic (exact) mass is 570 g/mol. The van der Waals surface area contributed by atoms with Crippen LogP contribution in [0.4, 0.5) is 0 Å². The minimum absolute atomic E-state index is 0.0147. The number of nitrogens with one attached hydrogen (secondary N) is 2. The zero-order valence-electron chi connectivity index (χ0n) is 17.0.